The van der Waals surface area contributed by atoms with Gasteiger partial charge in [0.25, 0.3) is 0 Å². The standard InChI is InChI=1S/C18H24FN3O3/c19-14-4-1-3-13(11-14)12-18(25)6-9-21(10-7-18)16(23)15-5-2-8-22(15)17(20)24/h1,3-4,11,15,25H,2,5-10,12H2,(H2,20,24)/t15-/m0/s1. The van der Waals surface area contributed by atoms with Crippen molar-refractivity contribution in [2.24, 2.45) is 5.73 Å². The zero-order valence-corrected chi connectivity index (χ0v) is 14.2. The van der Waals surface area contributed by atoms with Crippen LogP contribution in [0, 0.1) is 5.82 Å². The van der Waals surface area contributed by atoms with Gasteiger partial charge in [0.15, 0.2) is 0 Å². The quantitative estimate of drug-likeness (QED) is 0.861. The van der Waals surface area contributed by atoms with E-state index in [1.807, 2.05) is 0 Å². The normalized spacial score (nSPS) is 22.9. The van der Waals surface area contributed by atoms with Gasteiger partial charge >= 0.3 is 6.03 Å². The molecule has 3 rings (SSSR count). The minimum atomic E-state index is -0.941. The van der Waals surface area contributed by atoms with Gasteiger partial charge in [-0.25, -0.2) is 9.18 Å². The topological polar surface area (TPSA) is 86.9 Å². The van der Waals surface area contributed by atoms with E-state index in [2.05, 4.69) is 0 Å². The Bertz CT molecular complexity index is 659. The van der Waals surface area contributed by atoms with Gasteiger partial charge < -0.3 is 20.6 Å². The van der Waals surface area contributed by atoms with Crippen molar-refractivity contribution in [3.63, 3.8) is 0 Å². The molecule has 0 bridgehead atoms. The zero-order valence-electron chi connectivity index (χ0n) is 14.2. The van der Waals surface area contributed by atoms with Gasteiger partial charge in [0.1, 0.15) is 11.9 Å². The van der Waals surface area contributed by atoms with Crippen molar-refractivity contribution in [1.29, 1.82) is 0 Å². The highest BCUT2D eigenvalue weighted by Crippen LogP contribution is 2.28. The fraction of sp³-hybridized carbons (Fsp3) is 0.556. The summed E-state index contributed by atoms with van der Waals surface area (Å²) in [5.74, 6) is -0.411. The van der Waals surface area contributed by atoms with Gasteiger partial charge in [0, 0.05) is 26.1 Å². The van der Waals surface area contributed by atoms with E-state index in [0.717, 1.165) is 12.0 Å². The smallest absolute Gasteiger partial charge is 0.315 e. The monoisotopic (exact) mass is 349 g/mol. The van der Waals surface area contributed by atoms with E-state index < -0.39 is 17.7 Å². The zero-order chi connectivity index (χ0) is 18.0. The van der Waals surface area contributed by atoms with E-state index in [0.29, 0.717) is 45.3 Å². The Kier molecular flexibility index (Phi) is 4.94. The van der Waals surface area contributed by atoms with Crippen LogP contribution in [0.2, 0.25) is 0 Å². The number of piperidine rings is 1. The first kappa shape index (κ1) is 17.7. The second kappa shape index (κ2) is 7.00. The number of nitrogens with two attached hydrogens (primary N) is 1. The number of aliphatic hydroxyl groups is 1. The van der Waals surface area contributed by atoms with E-state index in [1.165, 1.54) is 17.0 Å². The van der Waals surface area contributed by atoms with Crippen LogP contribution in [0.1, 0.15) is 31.2 Å². The van der Waals surface area contributed by atoms with Gasteiger partial charge in [-0.05, 0) is 43.4 Å². The molecule has 1 aromatic carbocycles. The van der Waals surface area contributed by atoms with Gasteiger partial charge in [-0.2, -0.15) is 0 Å². The molecule has 3 amide bonds. The first-order valence-corrected chi connectivity index (χ1v) is 8.70. The molecule has 2 fully saturated rings. The maximum absolute atomic E-state index is 13.3. The molecule has 3 N–H and O–H groups in total. The largest absolute Gasteiger partial charge is 0.389 e. The molecule has 25 heavy (non-hydrogen) atoms. The summed E-state index contributed by atoms with van der Waals surface area (Å²) in [5, 5.41) is 10.8. The van der Waals surface area contributed by atoms with Gasteiger partial charge in [-0.3, -0.25) is 4.79 Å². The lowest BCUT2D eigenvalue weighted by Crippen LogP contribution is -2.54. The lowest BCUT2D eigenvalue weighted by molar-refractivity contribution is -0.139. The Hall–Kier alpha value is -2.15. The third-order valence-electron chi connectivity index (χ3n) is 5.25. The van der Waals surface area contributed by atoms with Crippen LogP contribution in [0.5, 0.6) is 0 Å². The van der Waals surface area contributed by atoms with Crippen molar-refractivity contribution in [2.75, 3.05) is 19.6 Å². The number of carbonyl (C=O) groups excluding carboxylic acids is 2. The lowest BCUT2D eigenvalue weighted by atomic mass is 9.85. The molecule has 2 saturated heterocycles. The molecule has 0 aromatic heterocycles. The number of urea groups is 1. The highest BCUT2D eigenvalue weighted by molar-refractivity contribution is 5.87. The van der Waals surface area contributed by atoms with Crippen molar-refractivity contribution >= 4 is 11.9 Å². The average Bonchev–Trinajstić information content (AvgIpc) is 3.04. The van der Waals surface area contributed by atoms with E-state index in [4.69, 9.17) is 5.73 Å². The fourth-order valence-electron chi connectivity index (χ4n) is 3.84. The van der Waals surface area contributed by atoms with Crippen LogP contribution in [0.3, 0.4) is 0 Å². The van der Waals surface area contributed by atoms with Crippen molar-refractivity contribution in [3.8, 4) is 0 Å². The molecule has 2 aliphatic heterocycles. The summed E-state index contributed by atoms with van der Waals surface area (Å²) in [6.07, 6.45) is 2.63. The molecule has 0 spiro atoms. The van der Waals surface area contributed by atoms with Crippen LogP contribution in [-0.4, -0.2) is 58.1 Å². The highest BCUT2D eigenvalue weighted by atomic mass is 19.1. The molecule has 1 aromatic rings. The van der Waals surface area contributed by atoms with Gasteiger partial charge in [-0.1, -0.05) is 12.1 Å². The maximum atomic E-state index is 13.3. The summed E-state index contributed by atoms with van der Waals surface area (Å²) >= 11 is 0. The summed E-state index contributed by atoms with van der Waals surface area (Å²) in [6, 6.07) is 5.19. The summed E-state index contributed by atoms with van der Waals surface area (Å²) in [4.78, 5) is 27.2. The van der Waals surface area contributed by atoms with E-state index in [1.54, 1.807) is 17.0 Å². The average molecular weight is 349 g/mol. The molecule has 7 heteroatoms. The molecule has 0 radical (unpaired) electrons. The minimum Gasteiger partial charge on any atom is -0.389 e. The Morgan fingerprint density at radius 1 is 1.28 bits per heavy atom. The number of rotatable bonds is 3. The predicted octanol–water partition coefficient (Wildman–Crippen LogP) is 1.26. The number of benzene rings is 1. The number of amides is 3. The van der Waals surface area contributed by atoms with Crippen LogP contribution < -0.4 is 5.73 Å². The van der Waals surface area contributed by atoms with E-state index >= 15 is 0 Å². The van der Waals surface area contributed by atoms with E-state index in [-0.39, 0.29) is 11.7 Å². The number of hydrogen-bond donors (Lipinski definition) is 2. The number of nitrogens with zero attached hydrogens (tertiary/aromatic N) is 2. The van der Waals surface area contributed by atoms with E-state index in [9.17, 15) is 19.1 Å². The number of carbonyl (C=O) groups is 2. The molecular weight excluding hydrogens is 325 g/mol. The second-order valence-electron chi connectivity index (χ2n) is 7.05. The van der Waals surface area contributed by atoms with Crippen LogP contribution >= 0.6 is 0 Å². The maximum Gasteiger partial charge on any atom is 0.315 e. The van der Waals surface area contributed by atoms with Crippen LogP contribution in [0.25, 0.3) is 0 Å². The summed E-state index contributed by atoms with van der Waals surface area (Å²) in [7, 11) is 0. The summed E-state index contributed by atoms with van der Waals surface area (Å²) in [5.41, 5.74) is 5.15. The first-order chi connectivity index (χ1) is 11.9. The molecular formula is C18H24FN3O3. The Balaban J connectivity index is 1.59. The lowest BCUT2D eigenvalue weighted by Gasteiger charge is -2.40. The van der Waals surface area contributed by atoms with Gasteiger partial charge in [0.2, 0.25) is 5.91 Å². The Morgan fingerprint density at radius 3 is 2.64 bits per heavy atom. The number of likely N-dealkylation sites (tertiary alicyclic amines) is 2. The van der Waals surface area contributed by atoms with Crippen molar-refractivity contribution < 1.29 is 19.1 Å². The van der Waals surface area contributed by atoms with Gasteiger partial charge in [0.05, 0.1) is 5.60 Å². The van der Waals surface area contributed by atoms with Crippen LogP contribution in [-0.2, 0) is 11.2 Å². The Morgan fingerprint density at radius 2 is 2.00 bits per heavy atom. The number of halogens is 1. The predicted molar refractivity (Wildman–Crippen MR) is 90.2 cm³/mol. The summed E-state index contributed by atoms with van der Waals surface area (Å²) < 4.78 is 13.3. The second-order valence-corrected chi connectivity index (χ2v) is 7.05. The number of primary amides is 1. The Labute approximate surface area is 146 Å². The molecule has 2 heterocycles. The SMILES string of the molecule is NC(=O)N1CCC[C@H]1C(=O)N1CCC(O)(Cc2cccc(F)c2)CC1. The third-order valence-corrected chi connectivity index (χ3v) is 5.25. The summed E-state index contributed by atoms with van der Waals surface area (Å²) in [6.45, 7) is 1.37. The number of hydrogen-bond acceptors (Lipinski definition) is 3. The van der Waals surface area contributed by atoms with Crippen LogP contribution in [0.15, 0.2) is 24.3 Å². The van der Waals surface area contributed by atoms with Crippen LogP contribution in [0.4, 0.5) is 9.18 Å². The fourth-order valence-corrected chi connectivity index (χ4v) is 3.84. The third kappa shape index (κ3) is 3.92. The highest BCUT2D eigenvalue weighted by Gasteiger charge is 2.39. The molecule has 0 unspecified atom stereocenters. The molecule has 1 atom stereocenters. The molecule has 0 aliphatic carbocycles. The van der Waals surface area contributed by atoms with Crippen molar-refractivity contribution in [1.82, 2.24) is 9.80 Å². The van der Waals surface area contributed by atoms with Gasteiger partial charge in [-0.15, -0.1) is 0 Å². The molecule has 0 saturated carbocycles. The first-order valence-electron chi connectivity index (χ1n) is 8.70. The van der Waals surface area contributed by atoms with Crippen molar-refractivity contribution in [3.05, 3.63) is 35.6 Å². The molecule has 136 valence electrons. The van der Waals surface area contributed by atoms with Crippen molar-refractivity contribution in [2.45, 2.75) is 43.7 Å². The molecule has 2 aliphatic rings. The minimum absolute atomic E-state index is 0.0934. The molecule has 6 nitrogen and oxygen atoms in total.